The van der Waals surface area contributed by atoms with Crippen LogP contribution in [0.1, 0.15) is 17.0 Å². The third kappa shape index (κ3) is 2.38. The topological polar surface area (TPSA) is 80.0 Å². The summed E-state index contributed by atoms with van der Waals surface area (Å²) < 4.78 is 10.2. The molecule has 2 heterocycles. The van der Waals surface area contributed by atoms with Crippen molar-refractivity contribution in [2.45, 2.75) is 18.6 Å². The first-order chi connectivity index (χ1) is 10.1. The van der Waals surface area contributed by atoms with Gasteiger partial charge in [-0.3, -0.25) is 4.79 Å². The SMILES string of the molecule is COC(=O)C1CC(O)CN1C(=O)c1cc2ccccc2o1. The Bertz CT molecular complexity index is 659. The molecule has 0 spiro atoms. The molecule has 1 N–H and O–H groups in total. The molecular formula is C15H15NO5. The summed E-state index contributed by atoms with van der Waals surface area (Å²) in [7, 11) is 1.26. The van der Waals surface area contributed by atoms with Crippen LogP contribution in [0.25, 0.3) is 11.0 Å². The van der Waals surface area contributed by atoms with Gasteiger partial charge in [-0.15, -0.1) is 0 Å². The lowest BCUT2D eigenvalue weighted by molar-refractivity contribution is -0.145. The van der Waals surface area contributed by atoms with Crippen LogP contribution in [-0.2, 0) is 9.53 Å². The molecule has 110 valence electrons. The first-order valence-electron chi connectivity index (χ1n) is 6.65. The Morgan fingerprint density at radius 1 is 1.38 bits per heavy atom. The first-order valence-corrected chi connectivity index (χ1v) is 6.65. The summed E-state index contributed by atoms with van der Waals surface area (Å²) in [6.45, 7) is 0.0929. The first kappa shape index (κ1) is 13.6. The van der Waals surface area contributed by atoms with E-state index in [0.29, 0.717) is 5.58 Å². The van der Waals surface area contributed by atoms with E-state index in [1.54, 1.807) is 12.1 Å². The van der Waals surface area contributed by atoms with Crippen LogP contribution in [-0.4, -0.2) is 47.7 Å². The molecule has 2 aromatic rings. The van der Waals surface area contributed by atoms with E-state index in [2.05, 4.69) is 4.74 Å². The Labute approximate surface area is 120 Å². The Hall–Kier alpha value is -2.34. The molecule has 0 radical (unpaired) electrons. The van der Waals surface area contributed by atoms with Crippen molar-refractivity contribution in [2.24, 2.45) is 0 Å². The molecule has 3 rings (SSSR count). The Morgan fingerprint density at radius 2 is 2.14 bits per heavy atom. The number of furan rings is 1. The lowest BCUT2D eigenvalue weighted by atomic mass is 10.2. The van der Waals surface area contributed by atoms with Gasteiger partial charge in [0.1, 0.15) is 11.6 Å². The van der Waals surface area contributed by atoms with Crippen molar-refractivity contribution in [3.8, 4) is 0 Å². The number of fused-ring (bicyclic) bond motifs is 1. The number of methoxy groups -OCH3 is 1. The van der Waals surface area contributed by atoms with Crippen molar-refractivity contribution in [2.75, 3.05) is 13.7 Å². The number of para-hydroxylation sites is 1. The van der Waals surface area contributed by atoms with Gasteiger partial charge in [0.05, 0.1) is 13.2 Å². The molecule has 1 aliphatic heterocycles. The summed E-state index contributed by atoms with van der Waals surface area (Å²) in [5.74, 6) is -0.798. The highest BCUT2D eigenvalue weighted by molar-refractivity contribution is 5.98. The number of hydrogen-bond acceptors (Lipinski definition) is 5. The molecule has 1 saturated heterocycles. The molecule has 0 bridgehead atoms. The number of aliphatic hydroxyl groups is 1. The number of rotatable bonds is 2. The summed E-state index contributed by atoms with van der Waals surface area (Å²) in [5, 5.41) is 10.5. The van der Waals surface area contributed by atoms with E-state index in [9.17, 15) is 14.7 Å². The fourth-order valence-corrected chi connectivity index (χ4v) is 2.63. The Kier molecular flexibility index (Phi) is 3.39. The predicted octanol–water partition coefficient (Wildman–Crippen LogP) is 1.18. The van der Waals surface area contributed by atoms with Crippen LogP contribution in [0.2, 0.25) is 0 Å². The molecule has 1 aromatic carbocycles. The summed E-state index contributed by atoms with van der Waals surface area (Å²) in [4.78, 5) is 25.5. The molecular weight excluding hydrogens is 274 g/mol. The van der Waals surface area contributed by atoms with E-state index in [0.717, 1.165) is 5.39 Å². The zero-order valence-corrected chi connectivity index (χ0v) is 11.5. The second-order valence-electron chi connectivity index (χ2n) is 5.03. The lowest BCUT2D eigenvalue weighted by Crippen LogP contribution is -2.41. The molecule has 0 saturated carbocycles. The number of carbonyl (C=O) groups excluding carboxylic acids is 2. The minimum absolute atomic E-state index is 0.0929. The van der Waals surface area contributed by atoms with E-state index in [1.807, 2.05) is 18.2 Å². The zero-order chi connectivity index (χ0) is 15.0. The predicted molar refractivity (Wildman–Crippen MR) is 73.7 cm³/mol. The van der Waals surface area contributed by atoms with Crippen molar-refractivity contribution in [1.29, 1.82) is 0 Å². The lowest BCUT2D eigenvalue weighted by Gasteiger charge is -2.20. The Morgan fingerprint density at radius 3 is 2.86 bits per heavy atom. The highest BCUT2D eigenvalue weighted by atomic mass is 16.5. The van der Waals surface area contributed by atoms with E-state index >= 15 is 0 Å². The van der Waals surface area contributed by atoms with E-state index in [4.69, 9.17) is 4.42 Å². The average Bonchev–Trinajstić information content (AvgIpc) is 3.09. The van der Waals surface area contributed by atoms with Gasteiger partial charge in [-0.05, 0) is 12.1 Å². The van der Waals surface area contributed by atoms with E-state index in [-0.39, 0.29) is 18.7 Å². The van der Waals surface area contributed by atoms with Gasteiger partial charge in [0, 0.05) is 18.4 Å². The van der Waals surface area contributed by atoms with Crippen molar-refractivity contribution < 1.29 is 23.8 Å². The third-order valence-corrected chi connectivity index (χ3v) is 3.65. The van der Waals surface area contributed by atoms with Crippen molar-refractivity contribution >= 4 is 22.8 Å². The normalized spacial score (nSPS) is 21.7. The maximum Gasteiger partial charge on any atom is 0.328 e. The van der Waals surface area contributed by atoms with E-state index in [1.165, 1.54) is 12.0 Å². The fourth-order valence-electron chi connectivity index (χ4n) is 2.63. The number of nitrogens with zero attached hydrogens (tertiary/aromatic N) is 1. The third-order valence-electron chi connectivity index (χ3n) is 3.65. The molecule has 6 heteroatoms. The standard InChI is InChI=1S/C15H15NO5/c1-20-15(19)11-7-10(17)8-16(11)14(18)13-6-9-4-2-3-5-12(9)21-13/h2-6,10-11,17H,7-8H2,1H3. The average molecular weight is 289 g/mol. The summed E-state index contributed by atoms with van der Waals surface area (Å²) in [6, 6.07) is 8.14. The largest absolute Gasteiger partial charge is 0.467 e. The van der Waals surface area contributed by atoms with Crippen molar-refractivity contribution in [3.63, 3.8) is 0 Å². The minimum atomic E-state index is -0.772. The molecule has 1 amide bonds. The van der Waals surface area contributed by atoms with Gasteiger partial charge >= 0.3 is 5.97 Å². The second kappa shape index (κ2) is 5.21. The number of likely N-dealkylation sites (tertiary alicyclic amines) is 1. The van der Waals surface area contributed by atoms with Gasteiger partial charge in [-0.2, -0.15) is 0 Å². The van der Waals surface area contributed by atoms with Gasteiger partial charge < -0.3 is 19.2 Å². The maximum absolute atomic E-state index is 12.5. The zero-order valence-electron chi connectivity index (χ0n) is 11.5. The Balaban J connectivity index is 1.91. The van der Waals surface area contributed by atoms with E-state index < -0.39 is 24.0 Å². The molecule has 0 aliphatic carbocycles. The van der Waals surface area contributed by atoms with Crippen LogP contribution >= 0.6 is 0 Å². The van der Waals surface area contributed by atoms with Crippen molar-refractivity contribution in [1.82, 2.24) is 4.90 Å². The van der Waals surface area contributed by atoms with Gasteiger partial charge in [0.15, 0.2) is 5.76 Å². The van der Waals surface area contributed by atoms with Gasteiger partial charge in [-0.25, -0.2) is 4.79 Å². The van der Waals surface area contributed by atoms with Crippen LogP contribution in [0, 0.1) is 0 Å². The number of β-amino-alcohol motifs (C(OH)–C–C–N with tert-alkyl or cyclic N) is 1. The van der Waals surface area contributed by atoms with Crippen LogP contribution in [0.3, 0.4) is 0 Å². The second-order valence-corrected chi connectivity index (χ2v) is 5.03. The molecule has 1 aliphatic rings. The van der Waals surface area contributed by atoms with Crippen LogP contribution in [0.4, 0.5) is 0 Å². The van der Waals surface area contributed by atoms with Crippen LogP contribution in [0.5, 0.6) is 0 Å². The quantitative estimate of drug-likeness (QED) is 0.840. The molecule has 2 atom stereocenters. The summed E-state index contributed by atoms with van der Waals surface area (Å²) >= 11 is 0. The number of ether oxygens (including phenoxy) is 1. The van der Waals surface area contributed by atoms with Gasteiger partial charge in [0.25, 0.3) is 5.91 Å². The molecule has 1 aromatic heterocycles. The minimum Gasteiger partial charge on any atom is -0.467 e. The summed E-state index contributed by atoms with van der Waals surface area (Å²) in [5.41, 5.74) is 0.607. The number of carbonyl (C=O) groups is 2. The maximum atomic E-state index is 12.5. The van der Waals surface area contributed by atoms with Crippen LogP contribution in [0.15, 0.2) is 34.7 Å². The number of aliphatic hydroxyl groups excluding tert-OH is 1. The van der Waals surface area contributed by atoms with Gasteiger partial charge in [0.2, 0.25) is 0 Å². The smallest absolute Gasteiger partial charge is 0.328 e. The number of amides is 1. The molecule has 6 nitrogen and oxygen atoms in total. The van der Waals surface area contributed by atoms with Crippen molar-refractivity contribution in [3.05, 3.63) is 36.1 Å². The van der Waals surface area contributed by atoms with Gasteiger partial charge in [-0.1, -0.05) is 18.2 Å². The number of esters is 1. The molecule has 21 heavy (non-hydrogen) atoms. The highest BCUT2D eigenvalue weighted by Crippen LogP contribution is 2.25. The highest BCUT2D eigenvalue weighted by Gasteiger charge is 2.40. The number of benzene rings is 1. The monoisotopic (exact) mass is 289 g/mol. The summed E-state index contributed by atoms with van der Waals surface area (Å²) in [6.07, 6.45) is -0.555. The fraction of sp³-hybridized carbons (Fsp3) is 0.333. The number of hydrogen-bond donors (Lipinski definition) is 1. The van der Waals surface area contributed by atoms with Crippen LogP contribution < -0.4 is 0 Å². The molecule has 2 unspecified atom stereocenters. The molecule has 1 fully saturated rings.